The number of amides is 4. The second-order valence-electron chi connectivity index (χ2n) is 9.70. The monoisotopic (exact) mass is 445 g/mol. The zero-order chi connectivity index (χ0) is 23.2. The normalized spacial score (nSPS) is 23.8. The van der Waals surface area contributed by atoms with Crippen LogP contribution in [0.2, 0.25) is 0 Å². The summed E-state index contributed by atoms with van der Waals surface area (Å²) in [5.74, 6) is -0.0386. The van der Waals surface area contributed by atoms with Crippen molar-refractivity contribution in [2.75, 3.05) is 6.54 Å². The number of carbonyl (C=O) groups is 3. The van der Waals surface area contributed by atoms with Gasteiger partial charge in [0.2, 0.25) is 5.91 Å². The van der Waals surface area contributed by atoms with E-state index in [-0.39, 0.29) is 30.4 Å². The molecule has 6 nitrogen and oxygen atoms in total. The highest BCUT2D eigenvalue weighted by molar-refractivity contribution is 6.10. The summed E-state index contributed by atoms with van der Waals surface area (Å²) in [5, 5.41) is 2.93. The maximum Gasteiger partial charge on any atom is 0.325 e. The van der Waals surface area contributed by atoms with Gasteiger partial charge in [-0.3, -0.25) is 14.5 Å². The van der Waals surface area contributed by atoms with E-state index in [0.717, 1.165) is 40.9 Å². The molecule has 1 spiro atoms. The minimum absolute atomic E-state index is 0.0448. The van der Waals surface area contributed by atoms with E-state index in [1.54, 1.807) is 0 Å². The van der Waals surface area contributed by atoms with Gasteiger partial charge in [0, 0.05) is 6.04 Å². The van der Waals surface area contributed by atoms with Crippen LogP contribution in [-0.2, 0) is 21.5 Å². The molecule has 5 rings (SSSR count). The summed E-state index contributed by atoms with van der Waals surface area (Å²) >= 11 is 0. The van der Waals surface area contributed by atoms with Crippen molar-refractivity contribution in [1.29, 1.82) is 0 Å². The smallest absolute Gasteiger partial charge is 0.325 e. The number of rotatable bonds is 6. The van der Waals surface area contributed by atoms with E-state index in [2.05, 4.69) is 12.2 Å². The fraction of sp³-hybridized carbons (Fsp3) is 0.444. The fourth-order valence-electron chi connectivity index (χ4n) is 5.79. The van der Waals surface area contributed by atoms with Gasteiger partial charge in [-0.1, -0.05) is 61.0 Å². The van der Waals surface area contributed by atoms with Crippen LogP contribution in [0, 0.1) is 5.92 Å². The molecule has 1 heterocycles. The van der Waals surface area contributed by atoms with Crippen LogP contribution in [0.4, 0.5) is 4.79 Å². The average molecular weight is 446 g/mol. The summed E-state index contributed by atoms with van der Waals surface area (Å²) in [5.41, 5.74) is 1.95. The molecule has 0 radical (unpaired) electrons. The molecule has 2 fully saturated rings. The molecule has 6 heteroatoms. The Kier molecular flexibility index (Phi) is 5.47. The van der Waals surface area contributed by atoms with Crippen LogP contribution in [0.5, 0.6) is 0 Å². The lowest BCUT2D eigenvalue weighted by Gasteiger charge is -2.43. The van der Waals surface area contributed by atoms with E-state index in [4.69, 9.17) is 0 Å². The van der Waals surface area contributed by atoms with E-state index >= 15 is 0 Å². The minimum atomic E-state index is -1.04. The Labute approximate surface area is 194 Å². The van der Waals surface area contributed by atoms with Crippen molar-refractivity contribution in [3.8, 4) is 0 Å². The number of carbonyl (C=O) groups excluding carboxylic acids is 3. The summed E-state index contributed by atoms with van der Waals surface area (Å²) in [6, 6.07) is 17.1. The Morgan fingerprint density at radius 3 is 2.48 bits per heavy atom. The number of hydrogen-bond acceptors (Lipinski definition) is 3. The first-order valence-corrected chi connectivity index (χ1v) is 12.0. The number of urea groups is 1. The third-order valence-electron chi connectivity index (χ3n) is 7.97. The van der Waals surface area contributed by atoms with Gasteiger partial charge in [-0.2, -0.15) is 0 Å². The fourth-order valence-corrected chi connectivity index (χ4v) is 5.79. The molecular weight excluding hydrogens is 414 g/mol. The Balaban J connectivity index is 1.40. The molecule has 2 aromatic carbocycles. The van der Waals surface area contributed by atoms with E-state index in [1.807, 2.05) is 66.4 Å². The SMILES string of the molecule is CC(c1ccccc1)N(C(=O)CN1C(=O)N[C@]2(CCc3ccccc32)C1=O)[C@@H](C)C1CCC1. The third kappa shape index (κ3) is 3.52. The lowest BCUT2D eigenvalue weighted by Crippen LogP contribution is -2.51. The topological polar surface area (TPSA) is 69.7 Å². The number of aryl methyl sites for hydroxylation is 1. The van der Waals surface area contributed by atoms with Crippen molar-refractivity contribution < 1.29 is 14.4 Å². The Morgan fingerprint density at radius 2 is 1.79 bits per heavy atom. The zero-order valence-electron chi connectivity index (χ0n) is 19.3. The summed E-state index contributed by atoms with van der Waals surface area (Å²) in [4.78, 5) is 43.2. The maximum absolute atomic E-state index is 13.7. The lowest BCUT2D eigenvalue weighted by atomic mass is 9.79. The summed E-state index contributed by atoms with van der Waals surface area (Å²) in [6.07, 6.45) is 4.67. The first kappa shape index (κ1) is 21.7. The average Bonchev–Trinajstić information content (AvgIpc) is 3.26. The van der Waals surface area contributed by atoms with Crippen LogP contribution in [0.25, 0.3) is 0 Å². The summed E-state index contributed by atoms with van der Waals surface area (Å²) in [6.45, 7) is 3.90. The zero-order valence-corrected chi connectivity index (χ0v) is 19.3. The molecular formula is C27H31N3O3. The van der Waals surface area contributed by atoms with Crippen LogP contribution >= 0.6 is 0 Å². The highest BCUT2D eigenvalue weighted by Crippen LogP contribution is 2.41. The molecule has 33 heavy (non-hydrogen) atoms. The molecule has 0 bridgehead atoms. The second kappa shape index (κ2) is 8.32. The van der Waals surface area contributed by atoms with Gasteiger partial charge in [0.05, 0.1) is 6.04 Å². The first-order valence-electron chi connectivity index (χ1n) is 12.0. The molecule has 3 atom stereocenters. The highest BCUT2D eigenvalue weighted by atomic mass is 16.2. The van der Waals surface area contributed by atoms with Crippen molar-refractivity contribution in [3.05, 3.63) is 71.3 Å². The Bertz CT molecular complexity index is 1080. The summed E-state index contributed by atoms with van der Waals surface area (Å²) < 4.78 is 0. The predicted molar refractivity (Wildman–Crippen MR) is 125 cm³/mol. The van der Waals surface area contributed by atoms with Crippen LogP contribution < -0.4 is 5.32 Å². The van der Waals surface area contributed by atoms with Crippen molar-refractivity contribution in [3.63, 3.8) is 0 Å². The number of imide groups is 1. The van der Waals surface area contributed by atoms with Gasteiger partial charge in [-0.05, 0) is 62.1 Å². The van der Waals surface area contributed by atoms with Gasteiger partial charge in [0.25, 0.3) is 5.91 Å². The van der Waals surface area contributed by atoms with Crippen LogP contribution in [0.15, 0.2) is 54.6 Å². The van der Waals surface area contributed by atoms with E-state index < -0.39 is 11.6 Å². The van der Waals surface area contributed by atoms with Crippen LogP contribution in [-0.4, -0.2) is 40.2 Å². The predicted octanol–water partition coefficient (Wildman–Crippen LogP) is 4.16. The molecule has 1 N–H and O–H groups in total. The van der Waals surface area contributed by atoms with E-state index in [0.29, 0.717) is 12.3 Å². The van der Waals surface area contributed by atoms with E-state index in [1.165, 1.54) is 6.42 Å². The molecule has 2 aliphatic carbocycles. The standard InChI is InChI=1S/C27H31N3O3/c1-18(20-9-4-3-5-10-20)30(19(2)21-12-8-13-21)24(31)17-29-25(32)27(28-26(29)33)16-15-22-11-6-7-14-23(22)27/h3-7,9-11,14,18-19,21H,8,12-13,15-17H2,1-2H3,(H,28,33)/t18?,19-,27-/m0/s1. The van der Waals surface area contributed by atoms with Crippen molar-refractivity contribution >= 4 is 17.8 Å². The molecule has 1 saturated carbocycles. The summed E-state index contributed by atoms with van der Waals surface area (Å²) in [7, 11) is 0. The van der Waals surface area contributed by atoms with Gasteiger partial charge in [-0.25, -0.2) is 4.79 Å². The van der Waals surface area contributed by atoms with Crippen molar-refractivity contribution in [2.45, 2.75) is 63.6 Å². The number of nitrogens with zero attached hydrogens (tertiary/aromatic N) is 2. The molecule has 1 unspecified atom stereocenters. The molecule has 172 valence electrons. The molecule has 1 aliphatic heterocycles. The first-order chi connectivity index (χ1) is 15.9. The van der Waals surface area contributed by atoms with Gasteiger partial charge in [0.15, 0.2) is 0 Å². The highest BCUT2D eigenvalue weighted by Gasteiger charge is 2.55. The maximum atomic E-state index is 13.7. The number of nitrogens with one attached hydrogen (secondary N) is 1. The Hall–Kier alpha value is -3.15. The van der Waals surface area contributed by atoms with E-state index in [9.17, 15) is 14.4 Å². The van der Waals surface area contributed by atoms with Gasteiger partial charge in [0.1, 0.15) is 12.1 Å². The number of fused-ring (bicyclic) bond motifs is 2. The minimum Gasteiger partial charge on any atom is -0.331 e. The van der Waals surface area contributed by atoms with Crippen LogP contribution in [0.1, 0.15) is 62.3 Å². The lowest BCUT2D eigenvalue weighted by molar-refractivity contribution is -0.143. The number of benzene rings is 2. The number of hydrogen-bond donors (Lipinski definition) is 1. The third-order valence-corrected chi connectivity index (χ3v) is 7.97. The van der Waals surface area contributed by atoms with Crippen LogP contribution in [0.3, 0.4) is 0 Å². The second-order valence-corrected chi connectivity index (χ2v) is 9.70. The molecule has 0 aromatic heterocycles. The molecule has 2 aromatic rings. The molecule has 3 aliphatic rings. The molecule has 4 amide bonds. The van der Waals surface area contributed by atoms with Crippen molar-refractivity contribution in [1.82, 2.24) is 15.1 Å². The van der Waals surface area contributed by atoms with Gasteiger partial charge in [-0.15, -0.1) is 0 Å². The quantitative estimate of drug-likeness (QED) is 0.679. The van der Waals surface area contributed by atoms with Crippen molar-refractivity contribution in [2.24, 2.45) is 5.92 Å². The Morgan fingerprint density at radius 1 is 1.09 bits per heavy atom. The van der Waals surface area contributed by atoms with Gasteiger partial charge < -0.3 is 10.2 Å². The largest absolute Gasteiger partial charge is 0.331 e. The van der Waals surface area contributed by atoms with Gasteiger partial charge >= 0.3 is 6.03 Å². The molecule has 1 saturated heterocycles.